The molecule has 6 rings (SSSR count). The van der Waals surface area contributed by atoms with Crippen molar-refractivity contribution >= 4 is 38.6 Å². The van der Waals surface area contributed by atoms with Gasteiger partial charge in [0.15, 0.2) is 0 Å². The molecule has 5 aromatic rings. The van der Waals surface area contributed by atoms with Crippen molar-refractivity contribution in [1.82, 2.24) is 0 Å². The van der Waals surface area contributed by atoms with Gasteiger partial charge in [-0.3, -0.25) is 0 Å². The van der Waals surface area contributed by atoms with Gasteiger partial charge < -0.3 is 11.1 Å². The first kappa shape index (κ1) is 18.0. The first-order valence-electron chi connectivity index (χ1n) is 10.8. The van der Waals surface area contributed by atoms with Crippen LogP contribution < -0.4 is 11.1 Å². The van der Waals surface area contributed by atoms with Crippen molar-refractivity contribution in [3.8, 4) is 11.1 Å². The van der Waals surface area contributed by atoms with Crippen molar-refractivity contribution in [2.45, 2.75) is 19.3 Å². The van der Waals surface area contributed by atoms with Crippen molar-refractivity contribution in [2.75, 3.05) is 11.1 Å². The molecule has 1 aliphatic rings. The molecule has 2 heteroatoms. The molecule has 31 heavy (non-hydrogen) atoms. The lowest BCUT2D eigenvalue weighted by atomic mass is 9.81. The van der Waals surface area contributed by atoms with Crippen molar-refractivity contribution in [3.05, 3.63) is 102 Å². The van der Waals surface area contributed by atoms with Crippen LogP contribution in [0.5, 0.6) is 0 Å². The highest BCUT2D eigenvalue weighted by atomic mass is 14.9. The smallest absolute Gasteiger partial charge is 0.0545 e. The highest BCUT2D eigenvalue weighted by Crippen LogP contribution is 2.52. The van der Waals surface area contributed by atoms with Gasteiger partial charge in [-0.1, -0.05) is 80.6 Å². The quantitative estimate of drug-likeness (QED) is 0.182. The van der Waals surface area contributed by atoms with E-state index in [0.29, 0.717) is 0 Å². The fourth-order valence-corrected chi connectivity index (χ4v) is 5.20. The van der Waals surface area contributed by atoms with E-state index in [-0.39, 0.29) is 5.41 Å². The topological polar surface area (TPSA) is 38.0 Å². The van der Waals surface area contributed by atoms with Crippen LogP contribution in [0.2, 0.25) is 0 Å². The zero-order valence-corrected chi connectivity index (χ0v) is 17.7. The molecule has 0 fully saturated rings. The van der Waals surface area contributed by atoms with Gasteiger partial charge in [-0.25, -0.2) is 0 Å². The van der Waals surface area contributed by atoms with Crippen molar-refractivity contribution in [2.24, 2.45) is 0 Å². The number of anilines is 3. The zero-order chi connectivity index (χ0) is 21.2. The molecule has 0 aliphatic heterocycles. The van der Waals surface area contributed by atoms with E-state index >= 15 is 0 Å². The number of rotatable bonds is 2. The minimum atomic E-state index is -0.0511. The van der Waals surface area contributed by atoms with Crippen LogP contribution in [-0.2, 0) is 5.41 Å². The Labute approximate surface area is 182 Å². The Hall–Kier alpha value is -3.78. The van der Waals surface area contributed by atoms with Crippen molar-refractivity contribution < 1.29 is 0 Å². The van der Waals surface area contributed by atoms with E-state index < -0.39 is 0 Å². The molecule has 0 radical (unpaired) electrons. The normalized spacial score (nSPS) is 13.9. The lowest BCUT2D eigenvalue weighted by molar-refractivity contribution is 0.661. The predicted octanol–water partition coefficient (Wildman–Crippen LogP) is 7.63. The number of nitrogens with two attached hydrogens (primary N) is 1. The minimum absolute atomic E-state index is 0.0511. The number of para-hydroxylation sites is 1. The molecule has 0 bridgehead atoms. The largest absolute Gasteiger partial charge is 0.398 e. The van der Waals surface area contributed by atoms with E-state index in [1.807, 2.05) is 6.07 Å². The standard InChI is InChI=1S/C29H24N2/c1-29(2)25-15-9-8-12-19(25)22-16-23-24(17-26(22)29)28(31-18-10-4-3-5-11-18)21-14-7-6-13-20(21)27(23)30/h3-17,31H,30H2,1-2H3. The first-order valence-corrected chi connectivity index (χ1v) is 10.8. The summed E-state index contributed by atoms with van der Waals surface area (Å²) in [7, 11) is 0. The van der Waals surface area contributed by atoms with Crippen molar-refractivity contribution in [3.63, 3.8) is 0 Å². The Balaban J connectivity index is 1.73. The number of hydrogen-bond donors (Lipinski definition) is 2. The molecule has 0 saturated carbocycles. The van der Waals surface area contributed by atoms with Gasteiger partial charge in [-0.15, -0.1) is 0 Å². The van der Waals surface area contributed by atoms with Gasteiger partial charge in [0, 0.05) is 38.3 Å². The second kappa shape index (κ2) is 6.36. The molecular formula is C29H24N2. The Kier molecular flexibility index (Phi) is 3.70. The van der Waals surface area contributed by atoms with Crippen LogP contribution in [0.1, 0.15) is 25.0 Å². The van der Waals surface area contributed by atoms with Crippen LogP contribution >= 0.6 is 0 Å². The van der Waals surface area contributed by atoms with Crippen LogP contribution in [0, 0.1) is 0 Å². The summed E-state index contributed by atoms with van der Waals surface area (Å²) in [4.78, 5) is 0. The van der Waals surface area contributed by atoms with Gasteiger partial charge in [-0.05, 0) is 46.5 Å². The summed E-state index contributed by atoms with van der Waals surface area (Å²) < 4.78 is 0. The second-order valence-corrected chi connectivity index (χ2v) is 8.94. The minimum Gasteiger partial charge on any atom is -0.398 e. The maximum absolute atomic E-state index is 6.77. The number of fused-ring (bicyclic) bond motifs is 5. The van der Waals surface area contributed by atoms with Gasteiger partial charge >= 0.3 is 0 Å². The third-order valence-corrected chi connectivity index (χ3v) is 6.81. The molecule has 0 heterocycles. The molecular weight excluding hydrogens is 376 g/mol. The Morgan fingerprint density at radius 2 is 1.29 bits per heavy atom. The molecule has 5 aromatic carbocycles. The Bertz CT molecular complexity index is 1480. The lowest BCUT2D eigenvalue weighted by Gasteiger charge is -2.23. The fourth-order valence-electron chi connectivity index (χ4n) is 5.20. The summed E-state index contributed by atoms with van der Waals surface area (Å²) in [5.41, 5.74) is 15.1. The summed E-state index contributed by atoms with van der Waals surface area (Å²) in [5, 5.41) is 8.19. The third-order valence-electron chi connectivity index (χ3n) is 6.81. The summed E-state index contributed by atoms with van der Waals surface area (Å²) in [6.07, 6.45) is 0. The number of nitrogen functional groups attached to an aromatic ring is 1. The van der Waals surface area contributed by atoms with Crippen LogP contribution in [0.4, 0.5) is 17.1 Å². The average Bonchev–Trinajstić information content (AvgIpc) is 3.03. The van der Waals surface area contributed by atoms with Gasteiger partial charge in [-0.2, -0.15) is 0 Å². The maximum atomic E-state index is 6.77. The first-order chi connectivity index (χ1) is 15.1. The number of hydrogen-bond acceptors (Lipinski definition) is 2. The summed E-state index contributed by atoms with van der Waals surface area (Å²) in [6.45, 7) is 4.64. The summed E-state index contributed by atoms with van der Waals surface area (Å²) >= 11 is 0. The van der Waals surface area contributed by atoms with Crippen LogP contribution in [0.15, 0.2) is 91.0 Å². The van der Waals surface area contributed by atoms with E-state index in [2.05, 4.69) is 104 Å². The molecule has 0 unspecified atom stereocenters. The van der Waals surface area contributed by atoms with Crippen molar-refractivity contribution in [1.29, 1.82) is 0 Å². The molecule has 1 aliphatic carbocycles. The maximum Gasteiger partial charge on any atom is 0.0545 e. The number of nitrogens with one attached hydrogen (secondary N) is 1. The summed E-state index contributed by atoms with van der Waals surface area (Å²) in [5.74, 6) is 0. The average molecular weight is 401 g/mol. The summed E-state index contributed by atoms with van der Waals surface area (Å²) in [6, 6.07) is 32.2. The van der Waals surface area contributed by atoms with Crippen LogP contribution in [0.3, 0.4) is 0 Å². The van der Waals surface area contributed by atoms with Crippen LogP contribution in [0.25, 0.3) is 32.7 Å². The highest BCUT2D eigenvalue weighted by Gasteiger charge is 2.35. The molecule has 3 N–H and O–H groups in total. The van der Waals surface area contributed by atoms with E-state index in [1.165, 1.54) is 27.6 Å². The van der Waals surface area contributed by atoms with Gasteiger partial charge in [0.25, 0.3) is 0 Å². The molecule has 0 aromatic heterocycles. The predicted molar refractivity (Wildman–Crippen MR) is 133 cm³/mol. The van der Waals surface area contributed by atoms with Gasteiger partial charge in [0.1, 0.15) is 0 Å². The third kappa shape index (κ3) is 2.51. The van der Waals surface area contributed by atoms with E-state index in [9.17, 15) is 0 Å². The zero-order valence-electron chi connectivity index (χ0n) is 17.7. The Morgan fingerprint density at radius 1 is 0.613 bits per heavy atom. The Morgan fingerprint density at radius 3 is 2.10 bits per heavy atom. The SMILES string of the molecule is CC1(C)c2ccccc2-c2cc3c(N)c4ccccc4c(Nc4ccccc4)c3cc21. The lowest BCUT2D eigenvalue weighted by Crippen LogP contribution is -2.15. The molecule has 150 valence electrons. The molecule has 0 saturated heterocycles. The monoisotopic (exact) mass is 400 g/mol. The number of benzene rings is 5. The van der Waals surface area contributed by atoms with E-state index in [1.54, 1.807) is 0 Å². The molecule has 2 nitrogen and oxygen atoms in total. The highest BCUT2D eigenvalue weighted by molar-refractivity contribution is 6.20. The van der Waals surface area contributed by atoms with Crippen LogP contribution in [-0.4, -0.2) is 0 Å². The van der Waals surface area contributed by atoms with E-state index in [0.717, 1.165) is 33.2 Å². The molecule has 0 amide bonds. The van der Waals surface area contributed by atoms with Gasteiger partial charge in [0.05, 0.1) is 5.69 Å². The van der Waals surface area contributed by atoms with Gasteiger partial charge in [0.2, 0.25) is 0 Å². The second-order valence-electron chi connectivity index (χ2n) is 8.94. The fraction of sp³-hybridized carbons (Fsp3) is 0.103. The molecule has 0 atom stereocenters. The van der Waals surface area contributed by atoms with E-state index in [4.69, 9.17) is 5.73 Å². The molecule has 0 spiro atoms.